The van der Waals surface area contributed by atoms with Gasteiger partial charge in [-0.3, -0.25) is 4.79 Å². The van der Waals surface area contributed by atoms with Crippen LogP contribution in [0.25, 0.3) is 0 Å². The van der Waals surface area contributed by atoms with E-state index in [1.807, 2.05) is 24.4 Å². The molecule has 2 aromatic rings. The highest BCUT2D eigenvalue weighted by Gasteiger charge is 2.46. The lowest BCUT2D eigenvalue weighted by atomic mass is 9.69. The zero-order valence-corrected chi connectivity index (χ0v) is 22.5. The van der Waals surface area contributed by atoms with Crippen molar-refractivity contribution < 1.29 is 28.5 Å². The monoisotopic (exact) mass is 523 g/mol. The Labute approximate surface area is 221 Å². The van der Waals surface area contributed by atoms with Gasteiger partial charge in [0.15, 0.2) is 11.5 Å². The summed E-state index contributed by atoms with van der Waals surface area (Å²) in [5.74, 6) is 0.0652. The summed E-state index contributed by atoms with van der Waals surface area (Å²) in [5.41, 5.74) is 2.65. The number of benzene rings is 1. The lowest BCUT2D eigenvalue weighted by molar-refractivity contribution is -0.144. The second kappa shape index (κ2) is 10.6. The van der Waals surface area contributed by atoms with E-state index in [-0.39, 0.29) is 23.8 Å². The molecule has 0 radical (unpaired) electrons. The van der Waals surface area contributed by atoms with Crippen molar-refractivity contribution in [2.45, 2.75) is 57.0 Å². The summed E-state index contributed by atoms with van der Waals surface area (Å²) < 4.78 is 22.8. The molecule has 0 spiro atoms. The number of carbonyl (C=O) groups excluding carboxylic acids is 2. The molecule has 7 nitrogen and oxygen atoms in total. The Kier molecular flexibility index (Phi) is 7.29. The molecule has 1 aromatic carbocycles. The summed E-state index contributed by atoms with van der Waals surface area (Å²) in [6, 6.07) is 7.63. The minimum Gasteiger partial charge on any atom is -0.496 e. The molecular weight excluding hydrogens is 490 g/mol. The molecule has 1 aliphatic heterocycles. The Balaban J connectivity index is 1.65. The van der Waals surface area contributed by atoms with E-state index in [2.05, 4.69) is 17.5 Å². The van der Waals surface area contributed by atoms with Crippen LogP contribution in [0.15, 0.2) is 52.7 Å². The molecule has 0 bridgehead atoms. The SMILES string of the molecule is COc1cc(OC)c(C2C(C(=O)OC3CCCC3)=C(C)NC3=CC(c4cccs4)CC(=O)C32)cc1OC. The normalized spacial score (nSPS) is 23.7. The van der Waals surface area contributed by atoms with E-state index in [0.29, 0.717) is 40.5 Å². The lowest BCUT2D eigenvalue weighted by Gasteiger charge is -2.40. The highest BCUT2D eigenvalue weighted by atomic mass is 32.1. The van der Waals surface area contributed by atoms with Crippen molar-refractivity contribution in [2.24, 2.45) is 5.92 Å². The van der Waals surface area contributed by atoms with Crippen LogP contribution in [0.2, 0.25) is 0 Å². The molecule has 1 saturated carbocycles. The molecule has 1 aromatic heterocycles. The second-order valence-electron chi connectivity index (χ2n) is 9.79. The largest absolute Gasteiger partial charge is 0.496 e. The molecule has 1 N–H and O–H groups in total. The van der Waals surface area contributed by atoms with E-state index < -0.39 is 11.8 Å². The minimum atomic E-state index is -0.590. The van der Waals surface area contributed by atoms with Crippen molar-refractivity contribution in [3.63, 3.8) is 0 Å². The number of carbonyl (C=O) groups is 2. The van der Waals surface area contributed by atoms with Gasteiger partial charge < -0.3 is 24.3 Å². The predicted octanol–water partition coefficient (Wildman–Crippen LogP) is 5.48. The lowest BCUT2D eigenvalue weighted by Crippen LogP contribution is -2.42. The summed E-state index contributed by atoms with van der Waals surface area (Å²) in [6.45, 7) is 1.88. The topological polar surface area (TPSA) is 83.1 Å². The van der Waals surface area contributed by atoms with Gasteiger partial charge in [-0.1, -0.05) is 12.1 Å². The maximum Gasteiger partial charge on any atom is 0.336 e. The number of rotatable bonds is 7. The van der Waals surface area contributed by atoms with E-state index in [0.717, 1.165) is 36.3 Å². The molecular formula is C29H33NO6S. The fourth-order valence-electron chi connectivity index (χ4n) is 5.88. The van der Waals surface area contributed by atoms with Gasteiger partial charge in [0, 0.05) is 46.2 Å². The van der Waals surface area contributed by atoms with Crippen molar-refractivity contribution in [3.05, 3.63) is 63.1 Å². The van der Waals surface area contributed by atoms with E-state index in [9.17, 15) is 9.59 Å². The molecule has 8 heteroatoms. The molecule has 1 fully saturated rings. The quantitative estimate of drug-likeness (QED) is 0.482. The van der Waals surface area contributed by atoms with Crippen LogP contribution in [0.4, 0.5) is 0 Å². The average Bonchev–Trinajstić information content (AvgIpc) is 3.61. The molecule has 3 atom stereocenters. The Morgan fingerprint density at radius 3 is 2.35 bits per heavy atom. The molecule has 2 aliphatic carbocycles. The van der Waals surface area contributed by atoms with Gasteiger partial charge in [0.2, 0.25) is 0 Å². The Bertz CT molecular complexity index is 1240. The van der Waals surface area contributed by atoms with Crippen LogP contribution >= 0.6 is 11.3 Å². The van der Waals surface area contributed by atoms with Crippen molar-refractivity contribution in [2.75, 3.05) is 21.3 Å². The van der Waals surface area contributed by atoms with Gasteiger partial charge >= 0.3 is 5.97 Å². The summed E-state index contributed by atoms with van der Waals surface area (Å²) in [5, 5.41) is 5.44. The molecule has 37 heavy (non-hydrogen) atoms. The number of Topliss-reactive ketones (excluding diaryl/α,β-unsaturated/α-hetero) is 1. The summed E-state index contributed by atoms with van der Waals surface area (Å²) >= 11 is 1.65. The minimum absolute atomic E-state index is 0.000936. The maximum absolute atomic E-state index is 13.9. The van der Waals surface area contributed by atoms with Crippen LogP contribution < -0.4 is 19.5 Å². The molecule has 5 rings (SSSR count). The van der Waals surface area contributed by atoms with Gasteiger partial charge in [0.1, 0.15) is 17.6 Å². The average molecular weight is 524 g/mol. The van der Waals surface area contributed by atoms with E-state index in [4.69, 9.17) is 18.9 Å². The number of allylic oxidation sites excluding steroid dienone is 3. The second-order valence-corrected chi connectivity index (χ2v) is 10.8. The van der Waals surface area contributed by atoms with Crippen molar-refractivity contribution in [1.82, 2.24) is 5.32 Å². The Morgan fingerprint density at radius 1 is 1.00 bits per heavy atom. The third-order valence-corrected chi connectivity index (χ3v) is 8.64. The molecule has 3 aliphatic rings. The zero-order valence-electron chi connectivity index (χ0n) is 21.7. The van der Waals surface area contributed by atoms with Crippen molar-refractivity contribution in [3.8, 4) is 17.2 Å². The number of ketones is 1. The highest BCUT2D eigenvalue weighted by molar-refractivity contribution is 7.10. The predicted molar refractivity (Wildman–Crippen MR) is 141 cm³/mol. The molecule has 0 amide bonds. The number of hydrogen-bond acceptors (Lipinski definition) is 8. The van der Waals surface area contributed by atoms with Gasteiger partial charge in [-0.05, 0) is 50.1 Å². The third kappa shape index (κ3) is 4.75. The summed E-state index contributed by atoms with van der Waals surface area (Å²) in [4.78, 5) is 28.7. The van der Waals surface area contributed by atoms with E-state index >= 15 is 0 Å². The van der Waals surface area contributed by atoms with E-state index in [1.165, 1.54) is 0 Å². The van der Waals surface area contributed by atoms with Crippen molar-refractivity contribution in [1.29, 1.82) is 0 Å². The van der Waals surface area contributed by atoms with E-state index in [1.54, 1.807) is 38.7 Å². The first-order valence-electron chi connectivity index (χ1n) is 12.7. The fourth-order valence-corrected chi connectivity index (χ4v) is 6.68. The number of ether oxygens (including phenoxy) is 4. The molecule has 2 heterocycles. The molecule has 3 unspecified atom stereocenters. The van der Waals surface area contributed by atoms with Gasteiger partial charge in [0.05, 0.1) is 32.8 Å². The van der Waals surface area contributed by atoms with Crippen LogP contribution in [0, 0.1) is 5.92 Å². The number of methoxy groups -OCH3 is 3. The zero-order chi connectivity index (χ0) is 26.1. The number of hydrogen-bond donors (Lipinski definition) is 1. The fraction of sp³-hybridized carbons (Fsp3) is 0.448. The van der Waals surface area contributed by atoms with Gasteiger partial charge in [-0.25, -0.2) is 4.79 Å². The first-order valence-corrected chi connectivity index (χ1v) is 13.6. The van der Waals surface area contributed by atoms with Crippen LogP contribution in [-0.4, -0.2) is 39.2 Å². The van der Waals surface area contributed by atoms with Gasteiger partial charge in [0.25, 0.3) is 0 Å². The van der Waals surface area contributed by atoms with Crippen LogP contribution in [-0.2, 0) is 14.3 Å². The summed E-state index contributed by atoms with van der Waals surface area (Å²) in [7, 11) is 4.70. The van der Waals surface area contributed by atoms with Crippen LogP contribution in [0.1, 0.15) is 61.3 Å². The smallest absolute Gasteiger partial charge is 0.336 e. The third-order valence-electron chi connectivity index (χ3n) is 7.64. The molecule has 0 saturated heterocycles. The first-order chi connectivity index (χ1) is 17.9. The Morgan fingerprint density at radius 2 is 1.70 bits per heavy atom. The summed E-state index contributed by atoms with van der Waals surface area (Å²) in [6.07, 6.45) is 6.26. The highest BCUT2D eigenvalue weighted by Crippen LogP contribution is 2.50. The maximum atomic E-state index is 13.9. The number of fused-ring (bicyclic) bond motifs is 1. The molecule has 196 valence electrons. The van der Waals surface area contributed by atoms with Crippen molar-refractivity contribution >= 4 is 23.1 Å². The number of thiophene rings is 1. The number of nitrogens with one attached hydrogen (secondary N) is 1. The standard InChI is InChI=1S/C29H33NO6S/c1-16-26(29(32)36-18-8-5-6-9-18)27(19-14-23(34-3)24(35-4)15-22(19)33-2)28-20(30-16)12-17(13-21(28)31)25-10-7-11-37-25/h7,10-12,14-15,17-18,27-28,30H,5-6,8-9,13H2,1-4H3. The van der Waals surface area contributed by atoms with Gasteiger partial charge in [-0.15, -0.1) is 11.3 Å². The van der Waals surface area contributed by atoms with Crippen LogP contribution in [0.3, 0.4) is 0 Å². The van der Waals surface area contributed by atoms with Gasteiger partial charge in [-0.2, -0.15) is 0 Å². The Hall–Kier alpha value is -3.26. The van der Waals surface area contributed by atoms with Crippen LogP contribution in [0.5, 0.6) is 17.2 Å². The number of esters is 1. The first kappa shape index (κ1) is 25.4.